The molecule has 7 nitrogen and oxygen atoms in total. The molecule has 1 aromatic carbocycles. The highest BCUT2D eigenvalue weighted by atomic mass is 35.5. The van der Waals surface area contributed by atoms with Gasteiger partial charge in [-0.05, 0) is 38.0 Å². The lowest BCUT2D eigenvalue weighted by atomic mass is 10.2. The molecular weight excluding hydrogens is 356 g/mol. The van der Waals surface area contributed by atoms with Crippen molar-refractivity contribution in [3.05, 3.63) is 28.8 Å². The number of hydrogen-bond acceptors (Lipinski definition) is 5. The van der Waals surface area contributed by atoms with Crippen molar-refractivity contribution in [3.63, 3.8) is 0 Å². The fourth-order valence-corrected chi connectivity index (χ4v) is 4.38. The van der Waals surface area contributed by atoms with Gasteiger partial charge in [-0.3, -0.25) is 4.79 Å². The lowest BCUT2D eigenvalue weighted by Gasteiger charge is -2.26. The molecule has 0 aromatic heterocycles. The van der Waals surface area contributed by atoms with Gasteiger partial charge in [0.1, 0.15) is 4.90 Å². The van der Waals surface area contributed by atoms with Gasteiger partial charge in [-0.25, -0.2) is 13.2 Å². The van der Waals surface area contributed by atoms with Crippen LogP contribution in [0, 0.1) is 0 Å². The number of piperidine rings is 1. The first-order valence-electron chi connectivity index (χ1n) is 7.53. The van der Waals surface area contributed by atoms with Crippen LogP contribution in [0.15, 0.2) is 23.1 Å². The fraction of sp³-hybridized carbons (Fsp3) is 0.467. The highest BCUT2D eigenvalue weighted by Crippen LogP contribution is 2.28. The maximum absolute atomic E-state index is 12.7. The van der Waals surface area contributed by atoms with Gasteiger partial charge in [0, 0.05) is 13.1 Å². The van der Waals surface area contributed by atoms with Crippen LogP contribution >= 0.6 is 11.6 Å². The van der Waals surface area contributed by atoms with Gasteiger partial charge in [0.25, 0.3) is 5.91 Å². The number of rotatable bonds is 5. The summed E-state index contributed by atoms with van der Waals surface area (Å²) in [5, 5.41) is 0.0278. The summed E-state index contributed by atoms with van der Waals surface area (Å²) in [6.07, 6.45) is 1.44. The Bertz CT molecular complexity index is 744. The van der Waals surface area contributed by atoms with E-state index in [0.29, 0.717) is 13.1 Å². The molecule has 0 spiro atoms. The van der Waals surface area contributed by atoms with Gasteiger partial charge >= 0.3 is 5.97 Å². The number of primary amides is 1. The first kappa shape index (κ1) is 18.7. The normalized spacial score (nSPS) is 17.2. The van der Waals surface area contributed by atoms with Crippen molar-refractivity contribution in [2.75, 3.05) is 13.1 Å². The minimum Gasteiger partial charge on any atom is -0.449 e. The lowest BCUT2D eigenvalue weighted by Crippen LogP contribution is -2.36. The smallest absolute Gasteiger partial charge is 0.338 e. The number of sulfonamides is 1. The predicted molar refractivity (Wildman–Crippen MR) is 88.1 cm³/mol. The van der Waals surface area contributed by atoms with Crippen LogP contribution in [0.3, 0.4) is 0 Å². The van der Waals surface area contributed by atoms with E-state index in [1.54, 1.807) is 0 Å². The minimum atomic E-state index is -3.79. The molecule has 1 amide bonds. The number of nitrogens with zero attached hydrogens (tertiary/aromatic N) is 1. The SMILES string of the molecule is C[C@@H](OC(=O)c1ccc(Cl)c(S(=O)(=O)N2CCCCC2)c1)C(N)=O. The van der Waals surface area contributed by atoms with E-state index in [-0.39, 0.29) is 15.5 Å². The molecule has 9 heteroatoms. The van der Waals surface area contributed by atoms with Crippen LogP contribution in [0.4, 0.5) is 0 Å². The van der Waals surface area contributed by atoms with Crippen molar-refractivity contribution in [1.29, 1.82) is 0 Å². The summed E-state index contributed by atoms with van der Waals surface area (Å²) in [6, 6.07) is 3.83. The van der Waals surface area contributed by atoms with Crippen molar-refractivity contribution in [2.24, 2.45) is 5.73 Å². The molecule has 0 saturated carbocycles. The molecule has 1 aliphatic heterocycles. The Balaban J connectivity index is 2.31. The number of carbonyl (C=O) groups is 2. The second kappa shape index (κ2) is 7.50. The summed E-state index contributed by atoms with van der Waals surface area (Å²) in [5.41, 5.74) is 5.03. The van der Waals surface area contributed by atoms with Gasteiger partial charge in [-0.2, -0.15) is 4.31 Å². The molecule has 2 rings (SSSR count). The van der Waals surface area contributed by atoms with Gasteiger partial charge < -0.3 is 10.5 Å². The Morgan fingerprint density at radius 2 is 1.88 bits per heavy atom. The summed E-state index contributed by atoms with van der Waals surface area (Å²) < 4.78 is 31.7. The number of amides is 1. The summed E-state index contributed by atoms with van der Waals surface area (Å²) in [5.74, 6) is -1.63. The molecule has 2 N–H and O–H groups in total. The van der Waals surface area contributed by atoms with E-state index in [4.69, 9.17) is 22.1 Å². The van der Waals surface area contributed by atoms with Crippen molar-refractivity contribution < 1.29 is 22.7 Å². The number of halogens is 1. The highest BCUT2D eigenvalue weighted by molar-refractivity contribution is 7.89. The Morgan fingerprint density at radius 3 is 2.46 bits per heavy atom. The van der Waals surface area contributed by atoms with Crippen LogP contribution in [0.5, 0.6) is 0 Å². The first-order chi connectivity index (χ1) is 11.2. The van der Waals surface area contributed by atoms with E-state index in [0.717, 1.165) is 19.3 Å². The molecule has 24 heavy (non-hydrogen) atoms. The molecule has 1 aromatic rings. The van der Waals surface area contributed by atoms with E-state index in [1.165, 1.54) is 29.4 Å². The van der Waals surface area contributed by atoms with E-state index < -0.39 is 28.0 Å². The maximum atomic E-state index is 12.7. The third kappa shape index (κ3) is 4.06. The van der Waals surface area contributed by atoms with Crippen LogP contribution in [0.1, 0.15) is 36.5 Å². The Morgan fingerprint density at radius 1 is 1.25 bits per heavy atom. The Kier molecular flexibility index (Phi) is 5.84. The number of hydrogen-bond donors (Lipinski definition) is 1. The highest BCUT2D eigenvalue weighted by Gasteiger charge is 2.29. The molecule has 1 aliphatic rings. The molecule has 0 radical (unpaired) electrons. The van der Waals surface area contributed by atoms with Crippen LogP contribution in [-0.4, -0.2) is 43.8 Å². The average Bonchev–Trinajstić information content (AvgIpc) is 2.55. The quantitative estimate of drug-likeness (QED) is 0.787. The molecule has 132 valence electrons. The van der Waals surface area contributed by atoms with Crippen LogP contribution in [-0.2, 0) is 19.6 Å². The number of carbonyl (C=O) groups excluding carboxylic acids is 2. The minimum absolute atomic E-state index is 0.0110. The summed E-state index contributed by atoms with van der Waals surface area (Å²) >= 11 is 6.03. The van der Waals surface area contributed by atoms with Crippen molar-refractivity contribution in [3.8, 4) is 0 Å². The van der Waals surface area contributed by atoms with Crippen LogP contribution in [0.25, 0.3) is 0 Å². The lowest BCUT2D eigenvalue weighted by molar-refractivity contribution is -0.125. The molecule has 1 saturated heterocycles. The van der Waals surface area contributed by atoms with Gasteiger partial charge in [0.05, 0.1) is 10.6 Å². The van der Waals surface area contributed by atoms with E-state index >= 15 is 0 Å². The predicted octanol–water partition coefficient (Wildman–Crippen LogP) is 1.55. The zero-order chi connectivity index (χ0) is 17.9. The fourth-order valence-electron chi connectivity index (χ4n) is 2.36. The largest absolute Gasteiger partial charge is 0.449 e. The summed E-state index contributed by atoms with van der Waals surface area (Å²) in [4.78, 5) is 22.9. The molecule has 0 aliphatic carbocycles. The number of ether oxygens (including phenoxy) is 1. The molecule has 0 unspecified atom stereocenters. The average molecular weight is 375 g/mol. The standard InChI is InChI=1S/C15H19ClN2O5S/c1-10(14(17)19)23-15(20)11-5-6-12(16)13(9-11)24(21,22)18-7-3-2-4-8-18/h5-6,9-10H,2-4,7-8H2,1H3,(H2,17,19)/t10-/m1/s1. The molecule has 0 bridgehead atoms. The van der Waals surface area contributed by atoms with E-state index in [9.17, 15) is 18.0 Å². The molecule has 1 heterocycles. The third-order valence-electron chi connectivity index (χ3n) is 3.78. The monoisotopic (exact) mass is 374 g/mol. The molecule has 1 atom stereocenters. The second-order valence-corrected chi connectivity index (χ2v) is 7.87. The van der Waals surface area contributed by atoms with Gasteiger partial charge in [0.2, 0.25) is 10.0 Å². The molecule has 1 fully saturated rings. The summed E-state index contributed by atoms with van der Waals surface area (Å²) in [6.45, 7) is 2.18. The van der Waals surface area contributed by atoms with Crippen molar-refractivity contribution in [1.82, 2.24) is 4.31 Å². The number of nitrogens with two attached hydrogens (primary N) is 1. The van der Waals surface area contributed by atoms with E-state index in [2.05, 4.69) is 0 Å². The van der Waals surface area contributed by atoms with Gasteiger partial charge in [-0.15, -0.1) is 0 Å². The van der Waals surface area contributed by atoms with Crippen molar-refractivity contribution >= 4 is 33.5 Å². The van der Waals surface area contributed by atoms with Crippen LogP contribution in [0.2, 0.25) is 5.02 Å². The molecular formula is C15H19ClN2O5S. The van der Waals surface area contributed by atoms with Gasteiger partial charge in [-0.1, -0.05) is 18.0 Å². The third-order valence-corrected chi connectivity index (χ3v) is 6.16. The van der Waals surface area contributed by atoms with E-state index in [1.807, 2.05) is 0 Å². The number of benzene rings is 1. The summed E-state index contributed by atoms with van der Waals surface area (Å²) in [7, 11) is -3.79. The Hall–Kier alpha value is -1.64. The maximum Gasteiger partial charge on any atom is 0.338 e. The van der Waals surface area contributed by atoms with Crippen LogP contribution < -0.4 is 5.73 Å². The van der Waals surface area contributed by atoms with Crippen molar-refractivity contribution in [2.45, 2.75) is 37.2 Å². The second-order valence-electron chi connectivity index (χ2n) is 5.56. The topological polar surface area (TPSA) is 107 Å². The number of esters is 1. The zero-order valence-electron chi connectivity index (χ0n) is 13.2. The van der Waals surface area contributed by atoms with Gasteiger partial charge in [0.15, 0.2) is 6.10 Å². The Labute approximate surface area is 145 Å². The zero-order valence-corrected chi connectivity index (χ0v) is 14.8. The first-order valence-corrected chi connectivity index (χ1v) is 9.35.